The van der Waals surface area contributed by atoms with Gasteiger partial charge in [0, 0.05) is 12.1 Å². The third-order valence-electron chi connectivity index (χ3n) is 2.65. The van der Waals surface area contributed by atoms with Crippen molar-refractivity contribution in [1.82, 2.24) is 0 Å². The molecule has 0 heterocycles. The van der Waals surface area contributed by atoms with Crippen LogP contribution in [-0.4, -0.2) is 10.0 Å². The third kappa shape index (κ3) is 3.29. The summed E-state index contributed by atoms with van der Waals surface area (Å²) in [5, 5.41) is 19.9. The summed E-state index contributed by atoms with van der Waals surface area (Å²) < 4.78 is 5.54. The molecular weight excluding hydrogens is 246 g/mol. The van der Waals surface area contributed by atoms with E-state index in [0.29, 0.717) is 11.5 Å². The fourth-order valence-electron chi connectivity index (χ4n) is 1.59. The molecule has 0 aromatic heterocycles. The number of nitrogens with zero attached hydrogens (tertiary/aromatic N) is 1. The van der Waals surface area contributed by atoms with Crippen LogP contribution in [0.4, 0.5) is 5.69 Å². The first-order valence-corrected chi connectivity index (χ1v) is 5.76. The molecule has 0 aliphatic rings. The van der Waals surface area contributed by atoms with Crippen molar-refractivity contribution < 1.29 is 14.8 Å². The van der Waals surface area contributed by atoms with E-state index in [-0.39, 0.29) is 5.69 Å². The Morgan fingerprint density at radius 2 is 1.53 bits per heavy atom. The minimum Gasteiger partial charge on any atom is -0.457 e. The zero-order valence-corrected chi connectivity index (χ0v) is 10.3. The highest BCUT2D eigenvalue weighted by Gasteiger charge is 2.05. The summed E-state index contributed by atoms with van der Waals surface area (Å²) in [6.45, 7) is 1.69. The number of aliphatic hydroxyl groups excluding tert-OH is 1. The topological polar surface area (TPSA) is 72.6 Å². The van der Waals surface area contributed by atoms with Gasteiger partial charge in [-0.05, 0) is 36.8 Å². The average Bonchev–Trinajstić information content (AvgIpc) is 2.40. The fraction of sp³-hybridized carbons (Fsp3) is 0.143. The van der Waals surface area contributed by atoms with Crippen LogP contribution in [0.5, 0.6) is 11.5 Å². The highest BCUT2D eigenvalue weighted by molar-refractivity contribution is 5.39. The lowest BCUT2D eigenvalue weighted by Crippen LogP contribution is -1.91. The average molecular weight is 259 g/mol. The number of benzene rings is 2. The van der Waals surface area contributed by atoms with E-state index >= 15 is 0 Å². The van der Waals surface area contributed by atoms with E-state index in [4.69, 9.17) is 4.74 Å². The number of ether oxygens (including phenoxy) is 1. The van der Waals surface area contributed by atoms with Gasteiger partial charge in [0.05, 0.1) is 11.0 Å². The van der Waals surface area contributed by atoms with Crippen molar-refractivity contribution in [3.05, 3.63) is 64.2 Å². The van der Waals surface area contributed by atoms with Crippen LogP contribution in [0, 0.1) is 10.1 Å². The minimum absolute atomic E-state index is 0.0248. The Bertz CT molecular complexity index is 561. The van der Waals surface area contributed by atoms with Crippen molar-refractivity contribution in [2.45, 2.75) is 13.0 Å². The van der Waals surface area contributed by atoms with Gasteiger partial charge >= 0.3 is 0 Å². The van der Waals surface area contributed by atoms with Crippen LogP contribution in [0.3, 0.4) is 0 Å². The first-order valence-electron chi connectivity index (χ1n) is 5.76. The number of non-ortho nitro benzene ring substituents is 1. The number of nitro benzene ring substituents is 1. The van der Waals surface area contributed by atoms with Gasteiger partial charge in [0.25, 0.3) is 5.69 Å². The van der Waals surface area contributed by atoms with Gasteiger partial charge in [0.15, 0.2) is 0 Å². The summed E-state index contributed by atoms with van der Waals surface area (Å²) in [7, 11) is 0. The van der Waals surface area contributed by atoms with Gasteiger partial charge in [-0.25, -0.2) is 0 Å². The third-order valence-corrected chi connectivity index (χ3v) is 2.65. The molecule has 5 nitrogen and oxygen atoms in total. The SMILES string of the molecule is C[C@H](O)c1ccc(Oc2ccc([N+](=O)[O-])cc2)cc1. The van der Waals surface area contributed by atoms with E-state index in [0.717, 1.165) is 5.56 Å². The maximum Gasteiger partial charge on any atom is 0.269 e. The molecule has 2 rings (SSSR count). The molecule has 19 heavy (non-hydrogen) atoms. The first kappa shape index (κ1) is 13.0. The Kier molecular flexibility index (Phi) is 3.77. The highest BCUT2D eigenvalue weighted by atomic mass is 16.6. The lowest BCUT2D eigenvalue weighted by molar-refractivity contribution is -0.384. The van der Waals surface area contributed by atoms with Gasteiger partial charge in [-0.2, -0.15) is 0 Å². The molecule has 1 atom stereocenters. The molecule has 0 aliphatic heterocycles. The van der Waals surface area contributed by atoms with Gasteiger partial charge < -0.3 is 9.84 Å². The molecule has 0 bridgehead atoms. The molecular formula is C14H13NO4. The van der Waals surface area contributed by atoms with Gasteiger partial charge in [-0.3, -0.25) is 10.1 Å². The lowest BCUT2D eigenvalue weighted by atomic mass is 10.1. The molecule has 0 saturated carbocycles. The maximum atomic E-state index is 10.5. The highest BCUT2D eigenvalue weighted by Crippen LogP contribution is 2.25. The second kappa shape index (κ2) is 5.49. The molecule has 0 aliphatic carbocycles. The number of rotatable bonds is 4. The zero-order valence-electron chi connectivity index (χ0n) is 10.3. The van der Waals surface area contributed by atoms with Gasteiger partial charge in [0.1, 0.15) is 11.5 Å². The quantitative estimate of drug-likeness (QED) is 0.674. The van der Waals surface area contributed by atoms with Crippen molar-refractivity contribution in [2.75, 3.05) is 0 Å². The summed E-state index contributed by atoms with van der Waals surface area (Å²) >= 11 is 0. The molecule has 0 fully saturated rings. The number of aliphatic hydroxyl groups is 1. The standard InChI is InChI=1S/C14H13NO4/c1-10(16)11-2-6-13(7-3-11)19-14-8-4-12(5-9-14)15(17)18/h2-10,16H,1H3/t10-/m0/s1. The van der Waals surface area contributed by atoms with Crippen LogP contribution in [-0.2, 0) is 0 Å². The van der Waals surface area contributed by atoms with Gasteiger partial charge in [-0.1, -0.05) is 12.1 Å². The molecule has 0 amide bonds. The van der Waals surface area contributed by atoms with Crippen LogP contribution < -0.4 is 4.74 Å². The number of nitro groups is 1. The van der Waals surface area contributed by atoms with Crippen molar-refractivity contribution in [3.8, 4) is 11.5 Å². The molecule has 0 saturated heterocycles. The Labute approximate surface area is 110 Å². The second-order valence-corrected chi connectivity index (χ2v) is 4.10. The van der Waals surface area contributed by atoms with Crippen LogP contribution in [0.25, 0.3) is 0 Å². The number of hydrogen-bond acceptors (Lipinski definition) is 4. The summed E-state index contributed by atoms with van der Waals surface area (Å²) in [6.07, 6.45) is -0.520. The van der Waals surface area contributed by atoms with Crippen molar-refractivity contribution in [3.63, 3.8) is 0 Å². The lowest BCUT2D eigenvalue weighted by Gasteiger charge is -2.08. The normalized spacial score (nSPS) is 11.9. The largest absolute Gasteiger partial charge is 0.457 e. The molecule has 98 valence electrons. The maximum absolute atomic E-state index is 10.5. The van der Waals surface area contributed by atoms with Crippen LogP contribution in [0.15, 0.2) is 48.5 Å². The van der Waals surface area contributed by atoms with E-state index in [2.05, 4.69) is 0 Å². The van der Waals surface area contributed by atoms with E-state index in [1.807, 2.05) is 0 Å². The molecule has 5 heteroatoms. The van der Waals surface area contributed by atoms with E-state index in [9.17, 15) is 15.2 Å². The molecule has 2 aromatic rings. The van der Waals surface area contributed by atoms with Crippen LogP contribution >= 0.6 is 0 Å². The molecule has 0 radical (unpaired) electrons. The Morgan fingerprint density at radius 3 is 1.95 bits per heavy atom. The first-order chi connectivity index (χ1) is 9.06. The van der Waals surface area contributed by atoms with E-state index < -0.39 is 11.0 Å². The van der Waals surface area contributed by atoms with Crippen molar-refractivity contribution in [2.24, 2.45) is 0 Å². The Balaban J connectivity index is 2.10. The predicted molar refractivity (Wildman–Crippen MR) is 70.2 cm³/mol. The van der Waals surface area contributed by atoms with Gasteiger partial charge in [-0.15, -0.1) is 0 Å². The Hall–Kier alpha value is -2.40. The minimum atomic E-state index is -0.520. The molecule has 2 aromatic carbocycles. The molecule has 1 N–H and O–H groups in total. The molecule has 0 spiro atoms. The van der Waals surface area contributed by atoms with E-state index in [1.54, 1.807) is 43.3 Å². The smallest absolute Gasteiger partial charge is 0.269 e. The zero-order chi connectivity index (χ0) is 13.8. The van der Waals surface area contributed by atoms with Crippen molar-refractivity contribution >= 4 is 5.69 Å². The summed E-state index contributed by atoms with van der Waals surface area (Å²) in [5.41, 5.74) is 0.827. The van der Waals surface area contributed by atoms with Gasteiger partial charge in [0.2, 0.25) is 0 Å². The number of hydrogen-bond donors (Lipinski definition) is 1. The molecule has 0 unspecified atom stereocenters. The summed E-state index contributed by atoms with van der Waals surface area (Å²) in [5.74, 6) is 1.13. The summed E-state index contributed by atoms with van der Waals surface area (Å²) in [6, 6.07) is 12.9. The van der Waals surface area contributed by atoms with E-state index in [1.165, 1.54) is 12.1 Å². The van der Waals surface area contributed by atoms with Crippen LogP contribution in [0.1, 0.15) is 18.6 Å². The predicted octanol–water partition coefficient (Wildman–Crippen LogP) is 3.44. The van der Waals surface area contributed by atoms with Crippen molar-refractivity contribution in [1.29, 1.82) is 0 Å². The summed E-state index contributed by atoms with van der Waals surface area (Å²) in [4.78, 5) is 10.1. The van der Waals surface area contributed by atoms with Crippen LogP contribution in [0.2, 0.25) is 0 Å². The fourth-order valence-corrected chi connectivity index (χ4v) is 1.59. The second-order valence-electron chi connectivity index (χ2n) is 4.10. The monoisotopic (exact) mass is 259 g/mol. The Morgan fingerprint density at radius 1 is 1.05 bits per heavy atom.